The van der Waals surface area contributed by atoms with Crippen LogP contribution in [-0.2, 0) is 9.53 Å². The topological polar surface area (TPSA) is 133 Å². The van der Waals surface area contributed by atoms with Gasteiger partial charge in [0.15, 0.2) is 4.80 Å². The molecule has 1 aromatic heterocycles. The molecule has 186 valence electrons. The normalized spacial score (nSPS) is 15.4. The highest BCUT2D eigenvalue weighted by Crippen LogP contribution is 2.37. The lowest BCUT2D eigenvalue weighted by atomic mass is 9.95. The van der Waals surface area contributed by atoms with Gasteiger partial charge >= 0.3 is 11.7 Å². The van der Waals surface area contributed by atoms with E-state index in [0.717, 1.165) is 11.3 Å². The Bertz CT molecular complexity index is 1640. The van der Waals surface area contributed by atoms with E-state index in [0.29, 0.717) is 32.4 Å². The van der Waals surface area contributed by atoms with Crippen molar-refractivity contribution in [3.05, 3.63) is 91.1 Å². The summed E-state index contributed by atoms with van der Waals surface area (Å²) < 4.78 is 12.3. The largest absolute Gasteiger partial charge is 0.501 e. The van der Waals surface area contributed by atoms with E-state index in [-0.39, 0.29) is 13.7 Å². The maximum absolute atomic E-state index is 13.7. The molecule has 0 unspecified atom stereocenters. The Kier molecular flexibility index (Phi) is 7.20. The first-order chi connectivity index (χ1) is 17.1. The smallest absolute Gasteiger partial charge is 0.338 e. The van der Waals surface area contributed by atoms with Gasteiger partial charge in [0.05, 0.1) is 38.5 Å². The second kappa shape index (κ2) is 10.0. The van der Waals surface area contributed by atoms with Crippen LogP contribution in [-0.4, -0.2) is 34.8 Å². The minimum atomic E-state index is -0.946. The van der Waals surface area contributed by atoms with Crippen molar-refractivity contribution in [1.29, 1.82) is 0 Å². The van der Waals surface area contributed by atoms with Crippen LogP contribution in [0.2, 0.25) is 5.02 Å². The molecule has 0 aliphatic carbocycles. The lowest BCUT2D eigenvalue weighted by Crippen LogP contribution is -2.40. The number of phenolic OH excluding ortho intramolecular Hbond substituents is 1. The Hall–Kier alpha value is -3.23. The van der Waals surface area contributed by atoms with E-state index < -0.39 is 33.9 Å². The van der Waals surface area contributed by atoms with Gasteiger partial charge in [-0.2, -0.15) is 0 Å². The number of nitro benzene ring substituents is 1. The van der Waals surface area contributed by atoms with Gasteiger partial charge < -0.3 is 14.6 Å². The van der Waals surface area contributed by atoms with Gasteiger partial charge in [-0.3, -0.25) is 19.5 Å². The number of methoxy groups -OCH3 is 2. The fourth-order valence-corrected chi connectivity index (χ4v) is 5.75. The van der Waals surface area contributed by atoms with Crippen LogP contribution in [0.15, 0.2) is 51.4 Å². The van der Waals surface area contributed by atoms with Crippen LogP contribution in [0, 0.1) is 13.7 Å². The molecule has 13 heteroatoms. The fourth-order valence-electron chi connectivity index (χ4n) is 3.88. The zero-order valence-electron chi connectivity index (χ0n) is 18.9. The molecule has 0 fully saturated rings. The number of aromatic hydroxyl groups is 1. The van der Waals surface area contributed by atoms with Crippen LogP contribution in [0.1, 0.15) is 24.1 Å². The molecule has 1 N–H and O–H groups in total. The quantitative estimate of drug-likeness (QED) is 0.196. The second-order valence-corrected chi connectivity index (χ2v) is 10.2. The number of carbonyl (C=O) groups excluding carboxylic acids is 1. The van der Waals surface area contributed by atoms with Gasteiger partial charge in [0.1, 0.15) is 11.8 Å². The Morgan fingerprint density at radius 3 is 2.69 bits per heavy atom. The van der Waals surface area contributed by atoms with Gasteiger partial charge in [-0.1, -0.05) is 22.9 Å². The molecule has 1 aliphatic heterocycles. The third kappa shape index (κ3) is 4.51. The zero-order chi connectivity index (χ0) is 26.3. The van der Waals surface area contributed by atoms with E-state index in [9.17, 15) is 24.8 Å². The maximum atomic E-state index is 13.7. The summed E-state index contributed by atoms with van der Waals surface area (Å²) >= 11 is 9.09. The summed E-state index contributed by atoms with van der Waals surface area (Å²) in [7, 11) is 2.70. The first-order valence-corrected chi connectivity index (χ1v) is 12.5. The number of carbonyl (C=O) groups is 1. The predicted molar refractivity (Wildman–Crippen MR) is 141 cm³/mol. The number of esters is 1. The van der Waals surface area contributed by atoms with Crippen LogP contribution in [0.4, 0.5) is 5.69 Å². The van der Waals surface area contributed by atoms with Crippen LogP contribution in [0.5, 0.6) is 11.5 Å². The first-order valence-electron chi connectivity index (χ1n) is 10.2. The molecular formula is C23H17ClIN3O7S. The molecule has 36 heavy (non-hydrogen) atoms. The number of hydrogen-bond acceptors (Lipinski definition) is 9. The number of nitro groups is 1. The first kappa shape index (κ1) is 25.9. The van der Waals surface area contributed by atoms with Crippen molar-refractivity contribution in [2.75, 3.05) is 14.2 Å². The number of allylic oxidation sites excluding steroid dienone is 1. The van der Waals surface area contributed by atoms with Gasteiger partial charge in [0.2, 0.25) is 5.75 Å². The van der Waals surface area contributed by atoms with Gasteiger partial charge in [-0.15, -0.1) is 0 Å². The zero-order valence-corrected chi connectivity index (χ0v) is 22.7. The summed E-state index contributed by atoms with van der Waals surface area (Å²) in [6.07, 6.45) is 1.47. The van der Waals surface area contributed by atoms with Crippen molar-refractivity contribution in [2.24, 2.45) is 4.99 Å². The number of phenols is 1. The van der Waals surface area contributed by atoms with E-state index >= 15 is 0 Å². The number of thiazole rings is 1. The Morgan fingerprint density at radius 1 is 1.33 bits per heavy atom. The fraction of sp³-hybridized carbons (Fsp3) is 0.174. The average Bonchev–Trinajstić information content (AvgIpc) is 3.13. The molecule has 0 amide bonds. The summed E-state index contributed by atoms with van der Waals surface area (Å²) in [4.78, 5) is 41.9. The van der Waals surface area contributed by atoms with Crippen molar-refractivity contribution < 1.29 is 24.3 Å². The highest BCUT2D eigenvalue weighted by molar-refractivity contribution is 14.1. The third-order valence-corrected chi connectivity index (χ3v) is 7.51. The molecular weight excluding hydrogens is 625 g/mol. The summed E-state index contributed by atoms with van der Waals surface area (Å²) in [6.45, 7) is 1.64. The highest BCUT2D eigenvalue weighted by atomic mass is 127. The van der Waals surface area contributed by atoms with Gasteiger partial charge in [0, 0.05) is 16.7 Å². The van der Waals surface area contributed by atoms with E-state index in [1.807, 2.05) is 0 Å². The number of ether oxygens (including phenoxy) is 2. The number of nitrogens with zero attached hydrogens (tertiary/aromatic N) is 3. The molecule has 0 spiro atoms. The van der Waals surface area contributed by atoms with Crippen LogP contribution in [0.3, 0.4) is 0 Å². The number of benzene rings is 2. The SMILES string of the molecule is COC(=O)C1=C(C)N=c2s/c(=C\c3cc(I)c(O)c([N+](=O)[O-])c3)c(=O)n2[C@H]1c1cc(Cl)ccc1OC. The van der Waals surface area contributed by atoms with Crippen LogP contribution >= 0.6 is 45.5 Å². The van der Waals surface area contributed by atoms with Crippen molar-refractivity contribution in [3.8, 4) is 11.5 Å². The third-order valence-electron chi connectivity index (χ3n) is 5.47. The summed E-state index contributed by atoms with van der Waals surface area (Å²) in [5, 5.41) is 21.7. The van der Waals surface area contributed by atoms with Crippen molar-refractivity contribution in [2.45, 2.75) is 13.0 Å². The summed E-state index contributed by atoms with van der Waals surface area (Å²) in [5.74, 6) is -0.717. The van der Waals surface area contributed by atoms with Crippen molar-refractivity contribution in [3.63, 3.8) is 0 Å². The van der Waals surface area contributed by atoms with Crippen molar-refractivity contribution in [1.82, 2.24) is 4.57 Å². The van der Waals surface area contributed by atoms with E-state index in [4.69, 9.17) is 21.1 Å². The monoisotopic (exact) mass is 641 g/mol. The minimum absolute atomic E-state index is 0.145. The van der Waals surface area contributed by atoms with Crippen LogP contribution < -0.4 is 19.6 Å². The Morgan fingerprint density at radius 2 is 2.06 bits per heavy atom. The average molecular weight is 642 g/mol. The highest BCUT2D eigenvalue weighted by Gasteiger charge is 2.35. The van der Waals surface area contributed by atoms with E-state index in [1.54, 1.807) is 47.7 Å². The standard InChI is InChI=1S/C23H17ClIN3O7S/c1-10-18(22(31)35-3)19(13-9-12(24)4-5-16(13)34-2)27-21(30)17(36-23(27)26-10)8-11-6-14(25)20(29)15(7-11)28(32)33/h4-9,19,29H,1-3H3/b17-8-/t19-/m0/s1. The molecule has 2 aromatic carbocycles. The summed E-state index contributed by atoms with van der Waals surface area (Å²) in [6, 6.07) is 6.62. The number of fused-ring (bicyclic) bond motifs is 1. The van der Waals surface area contributed by atoms with E-state index in [2.05, 4.69) is 4.99 Å². The molecule has 4 rings (SSSR count). The predicted octanol–water partition coefficient (Wildman–Crippen LogP) is 3.29. The van der Waals surface area contributed by atoms with Gasteiger partial charge in [-0.05, 0) is 65.4 Å². The van der Waals surface area contributed by atoms with Crippen molar-refractivity contribution >= 4 is 63.3 Å². The number of halogens is 2. The molecule has 2 heterocycles. The van der Waals surface area contributed by atoms with Gasteiger partial charge in [0.25, 0.3) is 5.56 Å². The number of aromatic nitrogens is 1. The molecule has 0 bridgehead atoms. The van der Waals surface area contributed by atoms with Gasteiger partial charge in [-0.25, -0.2) is 9.79 Å². The van der Waals surface area contributed by atoms with E-state index in [1.165, 1.54) is 37.0 Å². The second-order valence-electron chi connectivity index (χ2n) is 7.59. The number of rotatable bonds is 5. The minimum Gasteiger partial charge on any atom is -0.501 e. The molecule has 3 aromatic rings. The molecule has 0 radical (unpaired) electrons. The molecule has 10 nitrogen and oxygen atoms in total. The molecule has 1 atom stereocenters. The Balaban J connectivity index is 2.02. The summed E-state index contributed by atoms with van der Waals surface area (Å²) in [5.41, 5.74) is 0.345. The Labute approximate surface area is 226 Å². The molecule has 0 saturated carbocycles. The lowest BCUT2D eigenvalue weighted by molar-refractivity contribution is -0.386. The molecule has 0 saturated heterocycles. The molecule has 1 aliphatic rings. The lowest BCUT2D eigenvalue weighted by Gasteiger charge is -2.25. The van der Waals surface area contributed by atoms with Crippen LogP contribution in [0.25, 0.3) is 6.08 Å². The maximum Gasteiger partial charge on any atom is 0.338 e. The number of hydrogen-bond donors (Lipinski definition) is 1.